The fourth-order valence-electron chi connectivity index (χ4n) is 6.17. The van der Waals surface area contributed by atoms with Gasteiger partial charge in [-0.25, -0.2) is 0 Å². The van der Waals surface area contributed by atoms with Crippen LogP contribution in [0.4, 0.5) is 0 Å². The number of amides is 2. The Kier molecular flexibility index (Phi) is 3.45. The summed E-state index contributed by atoms with van der Waals surface area (Å²) in [5, 5.41) is 0. The molecule has 0 aromatic rings. The van der Waals surface area contributed by atoms with Gasteiger partial charge in [-0.1, -0.05) is 0 Å². The van der Waals surface area contributed by atoms with Gasteiger partial charge in [0.05, 0.1) is 6.04 Å². The van der Waals surface area contributed by atoms with Crippen LogP contribution >= 0.6 is 0 Å². The van der Waals surface area contributed by atoms with Crippen LogP contribution in [-0.2, 0) is 9.59 Å². The number of nitrogens with zero attached hydrogens (tertiary/aromatic N) is 2. The standard InChI is InChI=1S/C19H29N3O2/c20-17(19(24)22-10-12-2-4-16(22)6-12)13-7-14(8-13)18(23)21-9-11-1-3-15(21)5-11/h11-17H,1-10,20H2/t11-,12-,13?,14?,15+,16+,17?/m0/s1. The Labute approximate surface area is 143 Å². The normalized spacial score (nSPS) is 44.0. The molecule has 1 unspecified atom stereocenters. The highest BCUT2D eigenvalue weighted by Gasteiger charge is 2.49. The Morgan fingerprint density at radius 1 is 0.833 bits per heavy atom. The number of fused-ring (bicyclic) bond motifs is 4. The molecule has 0 aromatic carbocycles. The smallest absolute Gasteiger partial charge is 0.240 e. The van der Waals surface area contributed by atoms with E-state index in [1.54, 1.807) is 0 Å². The van der Waals surface area contributed by atoms with Gasteiger partial charge in [-0.3, -0.25) is 9.59 Å². The molecule has 2 aliphatic heterocycles. The molecule has 5 rings (SSSR count). The summed E-state index contributed by atoms with van der Waals surface area (Å²) in [5.41, 5.74) is 6.29. The molecule has 2 saturated heterocycles. The molecule has 4 bridgehead atoms. The average Bonchev–Trinajstić information content (AvgIpc) is 3.31. The number of likely N-dealkylation sites (tertiary alicyclic amines) is 2. The number of hydrogen-bond donors (Lipinski definition) is 1. The lowest BCUT2D eigenvalue weighted by Crippen LogP contribution is -2.55. The van der Waals surface area contributed by atoms with Crippen LogP contribution in [0.5, 0.6) is 0 Å². The lowest BCUT2D eigenvalue weighted by Gasteiger charge is -2.42. The van der Waals surface area contributed by atoms with E-state index in [9.17, 15) is 9.59 Å². The quantitative estimate of drug-likeness (QED) is 0.849. The largest absolute Gasteiger partial charge is 0.339 e. The highest BCUT2D eigenvalue weighted by atomic mass is 16.2. The van der Waals surface area contributed by atoms with Gasteiger partial charge in [0, 0.05) is 31.1 Å². The first-order valence-corrected chi connectivity index (χ1v) is 9.96. The van der Waals surface area contributed by atoms with Crippen LogP contribution in [0.2, 0.25) is 0 Å². The van der Waals surface area contributed by atoms with Gasteiger partial charge in [0.1, 0.15) is 0 Å². The van der Waals surface area contributed by atoms with E-state index in [1.807, 2.05) is 4.90 Å². The minimum atomic E-state index is -0.386. The van der Waals surface area contributed by atoms with Crippen molar-refractivity contribution in [1.29, 1.82) is 0 Å². The SMILES string of the molecule is NC(C(=O)N1C[C@H]2CC[C@@H]1C2)C1CC(C(=O)N2C[C@H]3CC[C@@H]2C3)C1. The van der Waals surface area contributed by atoms with Crippen LogP contribution in [0.1, 0.15) is 51.4 Å². The van der Waals surface area contributed by atoms with Crippen LogP contribution in [0.3, 0.4) is 0 Å². The van der Waals surface area contributed by atoms with E-state index in [0.717, 1.165) is 38.3 Å². The van der Waals surface area contributed by atoms with Gasteiger partial charge in [-0.05, 0) is 69.1 Å². The lowest BCUT2D eigenvalue weighted by molar-refractivity contribution is -0.145. The van der Waals surface area contributed by atoms with Gasteiger partial charge in [0.25, 0.3) is 0 Å². The molecule has 5 aliphatic rings. The van der Waals surface area contributed by atoms with Crippen molar-refractivity contribution >= 4 is 11.8 Å². The van der Waals surface area contributed by atoms with E-state index in [-0.39, 0.29) is 23.8 Å². The molecule has 24 heavy (non-hydrogen) atoms. The molecule has 132 valence electrons. The molecule has 5 nitrogen and oxygen atoms in total. The van der Waals surface area contributed by atoms with Crippen LogP contribution < -0.4 is 5.73 Å². The molecular weight excluding hydrogens is 302 g/mol. The molecule has 5 atom stereocenters. The highest BCUT2D eigenvalue weighted by Crippen LogP contribution is 2.44. The minimum Gasteiger partial charge on any atom is -0.339 e. The highest BCUT2D eigenvalue weighted by molar-refractivity contribution is 5.84. The Bertz CT molecular complexity index is 559. The van der Waals surface area contributed by atoms with Crippen LogP contribution in [0.15, 0.2) is 0 Å². The summed E-state index contributed by atoms with van der Waals surface area (Å²) in [6.45, 7) is 1.90. The summed E-state index contributed by atoms with van der Waals surface area (Å²) in [4.78, 5) is 29.6. The van der Waals surface area contributed by atoms with Gasteiger partial charge in [-0.15, -0.1) is 0 Å². The maximum absolute atomic E-state index is 12.7. The van der Waals surface area contributed by atoms with E-state index in [2.05, 4.69) is 4.90 Å². The zero-order valence-corrected chi connectivity index (χ0v) is 14.4. The zero-order chi connectivity index (χ0) is 16.4. The molecule has 0 spiro atoms. The van der Waals surface area contributed by atoms with Crippen LogP contribution in [-0.4, -0.2) is 52.8 Å². The Balaban J connectivity index is 1.15. The number of carbonyl (C=O) groups is 2. The zero-order valence-electron chi connectivity index (χ0n) is 14.4. The predicted octanol–water partition coefficient (Wildman–Crippen LogP) is 1.36. The fraction of sp³-hybridized carbons (Fsp3) is 0.895. The third-order valence-corrected chi connectivity index (χ3v) is 7.70. The number of rotatable bonds is 3. The molecule has 2 N–H and O–H groups in total. The first-order valence-electron chi connectivity index (χ1n) is 9.96. The summed E-state index contributed by atoms with van der Waals surface area (Å²) in [6, 6.07) is 0.576. The Morgan fingerprint density at radius 2 is 1.42 bits per heavy atom. The maximum atomic E-state index is 12.7. The van der Waals surface area contributed by atoms with E-state index in [4.69, 9.17) is 5.73 Å². The minimum absolute atomic E-state index is 0.128. The summed E-state index contributed by atoms with van der Waals surface area (Å²) >= 11 is 0. The van der Waals surface area contributed by atoms with Crippen LogP contribution in [0.25, 0.3) is 0 Å². The number of nitrogens with two attached hydrogens (primary N) is 1. The monoisotopic (exact) mass is 331 g/mol. The molecule has 5 heteroatoms. The first kappa shape index (κ1) is 15.2. The molecule has 2 amide bonds. The van der Waals surface area contributed by atoms with Crippen molar-refractivity contribution in [3.05, 3.63) is 0 Å². The Morgan fingerprint density at radius 3 is 1.92 bits per heavy atom. The third kappa shape index (κ3) is 2.23. The maximum Gasteiger partial charge on any atom is 0.240 e. The molecule has 2 heterocycles. The van der Waals surface area contributed by atoms with Crippen molar-refractivity contribution in [2.45, 2.75) is 69.5 Å². The van der Waals surface area contributed by atoms with Crippen molar-refractivity contribution in [3.63, 3.8) is 0 Å². The average molecular weight is 331 g/mol. The van der Waals surface area contributed by atoms with E-state index in [1.165, 1.54) is 32.1 Å². The fourth-order valence-corrected chi connectivity index (χ4v) is 6.17. The summed E-state index contributed by atoms with van der Waals surface area (Å²) in [6.07, 6.45) is 8.98. The van der Waals surface area contributed by atoms with Crippen molar-refractivity contribution in [2.24, 2.45) is 29.4 Å². The van der Waals surface area contributed by atoms with Gasteiger partial charge in [-0.2, -0.15) is 0 Å². The van der Waals surface area contributed by atoms with E-state index >= 15 is 0 Å². The molecule has 5 fully saturated rings. The Hall–Kier alpha value is -1.10. The first-order chi connectivity index (χ1) is 11.6. The van der Waals surface area contributed by atoms with Crippen molar-refractivity contribution in [1.82, 2.24) is 9.80 Å². The summed E-state index contributed by atoms with van der Waals surface area (Å²) < 4.78 is 0. The molecule has 3 aliphatic carbocycles. The number of hydrogen-bond acceptors (Lipinski definition) is 3. The third-order valence-electron chi connectivity index (χ3n) is 7.70. The van der Waals surface area contributed by atoms with Gasteiger partial charge in [0.15, 0.2) is 0 Å². The molecule has 3 saturated carbocycles. The summed E-state index contributed by atoms with van der Waals surface area (Å²) in [5.74, 6) is 2.31. The number of carbonyl (C=O) groups excluding carboxylic acids is 2. The molecule has 0 radical (unpaired) electrons. The summed E-state index contributed by atoms with van der Waals surface area (Å²) in [7, 11) is 0. The van der Waals surface area contributed by atoms with Gasteiger partial charge in [0.2, 0.25) is 11.8 Å². The lowest BCUT2D eigenvalue weighted by atomic mass is 9.70. The van der Waals surface area contributed by atoms with E-state index < -0.39 is 0 Å². The van der Waals surface area contributed by atoms with Crippen molar-refractivity contribution in [2.75, 3.05) is 13.1 Å². The second kappa shape index (κ2) is 5.45. The second-order valence-corrected chi connectivity index (χ2v) is 9.10. The predicted molar refractivity (Wildman–Crippen MR) is 89.9 cm³/mol. The van der Waals surface area contributed by atoms with E-state index in [0.29, 0.717) is 23.9 Å². The van der Waals surface area contributed by atoms with Crippen LogP contribution in [0, 0.1) is 23.7 Å². The van der Waals surface area contributed by atoms with Crippen molar-refractivity contribution in [3.8, 4) is 0 Å². The van der Waals surface area contributed by atoms with Gasteiger partial charge < -0.3 is 15.5 Å². The topological polar surface area (TPSA) is 66.6 Å². The molecular formula is C19H29N3O2. The number of piperidine rings is 2. The van der Waals surface area contributed by atoms with Gasteiger partial charge >= 0.3 is 0 Å². The second-order valence-electron chi connectivity index (χ2n) is 9.10. The van der Waals surface area contributed by atoms with Crippen molar-refractivity contribution < 1.29 is 9.59 Å². The molecule has 0 aromatic heterocycles.